The molecule has 0 fully saturated rings. The van der Waals surface area contributed by atoms with Gasteiger partial charge in [-0.2, -0.15) is 0 Å². The molecule has 0 atom stereocenters. The second-order valence-electron chi connectivity index (χ2n) is 6.47. The van der Waals surface area contributed by atoms with Gasteiger partial charge >= 0.3 is 0 Å². The number of aryl methyl sites for hydroxylation is 1. The van der Waals surface area contributed by atoms with E-state index in [4.69, 9.17) is 0 Å². The highest BCUT2D eigenvalue weighted by Gasteiger charge is 2.32. The van der Waals surface area contributed by atoms with E-state index < -0.39 is 0 Å². The molecule has 1 aliphatic rings. The largest absolute Gasteiger partial charge is 0.274 e. The Morgan fingerprint density at radius 3 is 2.31 bits per heavy atom. The smallest absolute Gasteiger partial charge is 0.261 e. The summed E-state index contributed by atoms with van der Waals surface area (Å²) in [5.74, 6) is -0.374. The van der Waals surface area contributed by atoms with Crippen molar-refractivity contribution in [2.75, 3.05) is 6.54 Å². The summed E-state index contributed by atoms with van der Waals surface area (Å²) in [4.78, 5) is 29.3. The highest BCUT2D eigenvalue weighted by molar-refractivity contribution is 7.99. The lowest BCUT2D eigenvalue weighted by atomic mass is 9.94. The van der Waals surface area contributed by atoms with Crippen molar-refractivity contribution in [3.63, 3.8) is 0 Å². The number of rotatable bonds is 4. The van der Waals surface area contributed by atoms with Gasteiger partial charge in [-0.3, -0.25) is 14.5 Å². The van der Waals surface area contributed by atoms with Gasteiger partial charge in [-0.1, -0.05) is 49.0 Å². The van der Waals surface area contributed by atoms with Crippen LogP contribution in [-0.4, -0.2) is 23.3 Å². The normalized spacial score (nSPS) is 13.5. The molecule has 0 N–H and O–H groups in total. The molecule has 0 bridgehead atoms. The first kappa shape index (κ1) is 16.9. The van der Waals surface area contributed by atoms with Crippen LogP contribution in [0.3, 0.4) is 0 Å². The number of benzene rings is 3. The van der Waals surface area contributed by atoms with Crippen molar-refractivity contribution in [2.24, 2.45) is 0 Å². The maximum absolute atomic E-state index is 12.8. The van der Waals surface area contributed by atoms with Gasteiger partial charge in [-0.15, -0.1) is 0 Å². The molecule has 0 unspecified atom stereocenters. The molecule has 0 radical (unpaired) electrons. The van der Waals surface area contributed by atoms with Gasteiger partial charge in [0.15, 0.2) is 0 Å². The minimum atomic E-state index is -0.187. The van der Waals surface area contributed by atoms with Crippen LogP contribution >= 0.6 is 11.8 Å². The van der Waals surface area contributed by atoms with E-state index in [1.807, 2.05) is 49.4 Å². The zero-order valence-corrected chi connectivity index (χ0v) is 15.6. The lowest BCUT2D eigenvalue weighted by molar-refractivity contribution is 0.0610. The second-order valence-corrected chi connectivity index (χ2v) is 7.55. The van der Waals surface area contributed by atoms with Gasteiger partial charge in [0, 0.05) is 32.8 Å². The van der Waals surface area contributed by atoms with Gasteiger partial charge in [0.05, 0.1) is 0 Å². The molecule has 2 amide bonds. The van der Waals surface area contributed by atoms with Crippen molar-refractivity contribution in [3.8, 4) is 0 Å². The van der Waals surface area contributed by atoms with Crippen molar-refractivity contribution in [1.82, 2.24) is 4.90 Å². The topological polar surface area (TPSA) is 37.4 Å². The third-order valence-electron chi connectivity index (χ3n) is 4.71. The molecule has 0 aromatic heterocycles. The zero-order chi connectivity index (χ0) is 18.3. The predicted molar refractivity (Wildman–Crippen MR) is 105 cm³/mol. The predicted octanol–water partition coefficient (Wildman–Crippen LogP) is 5.31. The summed E-state index contributed by atoms with van der Waals surface area (Å²) >= 11 is 1.67. The SMILES string of the molecule is CCCN1C(=O)c2cccc3c(Sc4ccccc4C)ccc(c23)C1=O. The third-order valence-corrected chi connectivity index (χ3v) is 5.97. The van der Waals surface area contributed by atoms with Gasteiger partial charge in [0.25, 0.3) is 11.8 Å². The molecule has 0 saturated carbocycles. The van der Waals surface area contributed by atoms with Gasteiger partial charge in [0.1, 0.15) is 0 Å². The van der Waals surface area contributed by atoms with E-state index in [2.05, 4.69) is 19.1 Å². The van der Waals surface area contributed by atoms with Crippen molar-refractivity contribution in [1.29, 1.82) is 0 Å². The van der Waals surface area contributed by atoms with E-state index in [-0.39, 0.29) is 11.8 Å². The summed E-state index contributed by atoms with van der Waals surface area (Å²) in [7, 11) is 0. The van der Waals surface area contributed by atoms with E-state index in [9.17, 15) is 9.59 Å². The van der Waals surface area contributed by atoms with Crippen LogP contribution in [0, 0.1) is 6.92 Å². The Balaban J connectivity index is 1.89. The van der Waals surface area contributed by atoms with Gasteiger partial charge in [-0.25, -0.2) is 0 Å². The number of nitrogens with zero attached hydrogens (tertiary/aromatic N) is 1. The van der Waals surface area contributed by atoms with Crippen molar-refractivity contribution >= 4 is 34.3 Å². The molecule has 3 aromatic carbocycles. The quantitative estimate of drug-likeness (QED) is 0.591. The first-order valence-electron chi connectivity index (χ1n) is 8.77. The van der Waals surface area contributed by atoms with Crippen LogP contribution in [0.1, 0.15) is 39.6 Å². The van der Waals surface area contributed by atoms with Gasteiger partial charge in [-0.05, 0) is 48.6 Å². The zero-order valence-electron chi connectivity index (χ0n) is 14.8. The number of carbonyl (C=O) groups excluding carboxylic acids is 2. The van der Waals surface area contributed by atoms with Crippen LogP contribution in [0.15, 0.2) is 64.4 Å². The molecule has 1 heterocycles. The molecular formula is C22H19NO2S. The number of hydrogen-bond acceptors (Lipinski definition) is 3. The number of imide groups is 1. The molecule has 26 heavy (non-hydrogen) atoms. The molecule has 1 aliphatic heterocycles. The fraction of sp³-hybridized carbons (Fsp3) is 0.182. The van der Waals surface area contributed by atoms with E-state index in [1.54, 1.807) is 11.8 Å². The maximum Gasteiger partial charge on any atom is 0.261 e. The van der Waals surface area contributed by atoms with Crippen LogP contribution in [0.2, 0.25) is 0 Å². The maximum atomic E-state index is 12.8. The van der Waals surface area contributed by atoms with Gasteiger partial charge in [0.2, 0.25) is 0 Å². The Labute approximate surface area is 157 Å². The third kappa shape index (κ3) is 2.61. The van der Waals surface area contributed by atoms with Crippen molar-refractivity contribution in [2.45, 2.75) is 30.1 Å². The van der Waals surface area contributed by atoms with Crippen LogP contribution in [0.4, 0.5) is 0 Å². The van der Waals surface area contributed by atoms with E-state index in [1.165, 1.54) is 15.4 Å². The number of amides is 2. The molecule has 130 valence electrons. The molecule has 3 aromatic rings. The second kappa shape index (κ2) is 6.61. The van der Waals surface area contributed by atoms with Crippen molar-refractivity contribution < 1.29 is 9.59 Å². The van der Waals surface area contributed by atoms with Crippen LogP contribution in [0.25, 0.3) is 10.8 Å². The molecule has 4 heteroatoms. The molecular weight excluding hydrogens is 342 g/mol. The first-order chi connectivity index (χ1) is 12.6. The fourth-order valence-corrected chi connectivity index (χ4v) is 4.45. The summed E-state index contributed by atoms with van der Waals surface area (Å²) in [5, 5.41) is 1.75. The standard InChI is InChI=1S/C22H19NO2S/c1-3-13-23-21(24)16-9-6-8-15-19(12-11-17(20(15)16)22(23)25)26-18-10-5-4-7-14(18)2/h4-12H,3,13H2,1-2H3. The first-order valence-corrected chi connectivity index (χ1v) is 9.59. The summed E-state index contributed by atoms with van der Waals surface area (Å²) < 4.78 is 0. The Morgan fingerprint density at radius 2 is 1.58 bits per heavy atom. The summed E-state index contributed by atoms with van der Waals surface area (Å²) in [6.45, 7) is 4.51. The Bertz CT molecular complexity index is 1020. The average Bonchev–Trinajstić information content (AvgIpc) is 2.65. The highest BCUT2D eigenvalue weighted by Crippen LogP contribution is 2.39. The van der Waals surface area contributed by atoms with E-state index in [0.717, 1.165) is 22.1 Å². The van der Waals surface area contributed by atoms with Crippen LogP contribution in [-0.2, 0) is 0 Å². The summed E-state index contributed by atoms with van der Waals surface area (Å²) in [5.41, 5.74) is 2.45. The summed E-state index contributed by atoms with van der Waals surface area (Å²) in [6, 6.07) is 17.8. The van der Waals surface area contributed by atoms with Crippen LogP contribution in [0.5, 0.6) is 0 Å². The molecule has 0 spiro atoms. The van der Waals surface area contributed by atoms with Crippen molar-refractivity contribution in [3.05, 3.63) is 71.3 Å². The Hall–Kier alpha value is -2.59. The molecule has 0 saturated heterocycles. The molecule has 3 nitrogen and oxygen atoms in total. The minimum Gasteiger partial charge on any atom is -0.274 e. The number of hydrogen-bond donors (Lipinski definition) is 0. The minimum absolute atomic E-state index is 0.187. The average molecular weight is 361 g/mol. The van der Waals surface area contributed by atoms with Crippen LogP contribution < -0.4 is 0 Å². The van der Waals surface area contributed by atoms with E-state index in [0.29, 0.717) is 17.7 Å². The van der Waals surface area contributed by atoms with E-state index >= 15 is 0 Å². The monoisotopic (exact) mass is 361 g/mol. The Morgan fingerprint density at radius 1 is 0.846 bits per heavy atom. The fourth-order valence-electron chi connectivity index (χ4n) is 3.42. The lowest BCUT2D eigenvalue weighted by Crippen LogP contribution is -2.40. The van der Waals surface area contributed by atoms with Gasteiger partial charge < -0.3 is 0 Å². The molecule has 0 aliphatic carbocycles. The molecule has 4 rings (SSSR count). The number of carbonyl (C=O) groups is 2. The Kier molecular flexibility index (Phi) is 4.29. The summed E-state index contributed by atoms with van der Waals surface area (Å²) in [6.07, 6.45) is 0.754. The highest BCUT2D eigenvalue weighted by atomic mass is 32.2. The lowest BCUT2D eigenvalue weighted by Gasteiger charge is -2.27.